The molecule has 66 valence electrons. The molecular weight excluding hydrogens is 206 g/mol. The summed E-state index contributed by atoms with van der Waals surface area (Å²) < 4.78 is 0. The van der Waals surface area contributed by atoms with E-state index in [9.17, 15) is 0 Å². The first kappa shape index (κ1) is 8.72. The lowest BCUT2D eigenvalue weighted by Gasteiger charge is -2.01. The summed E-state index contributed by atoms with van der Waals surface area (Å²) in [5.41, 5.74) is 0.815. The topological polar surface area (TPSA) is 38.7 Å². The van der Waals surface area contributed by atoms with E-state index in [4.69, 9.17) is 11.6 Å². The summed E-state index contributed by atoms with van der Waals surface area (Å²) >= 11 is 7.44. The molecule has 0 atom stereocenters. The second-order valence-electron chi connectivity index (χ2n) is 2.38. The largest absolute Gasteiger partial charge is 0.248 e. The molecule has 0 aliphatic carbocycles. The molecule has 0 saturated heterocycles. The van der Waals surface area contributed by atoms with Crippen LogP contribution in [0.3, 0.4) is 0 Å². The van der Waals surface area contributed by atoms with Gasteiger partial charge in [0.2, 0.25) is 0 Å². The van der Waals surface area contributed by atoms with Gasteiger partial charge >= 0.3 is 0 Å². The Hall–Kier alpha value is -0.870. The lowest BCUT2D eigenvalue weighted by Crippen LogP contribution is -1.88. The third kappa shape index (κ3) is 1.47. The van der Waals surface area contributed by atoms with E-state index in [1.54, 1.807) is 18.0 Å². The molecule has 0 fully saturated rings. The van der Waals surface area contributed by atoms with Crippen LogP contribution in [0.25, 0.3) is 10.9 Å². The Balaban J connectivity index is 2.84. The van der Waals surface area contributed by atoms with Gasteiger partial charge in [0.1, 0.15) is 22.0 Å². The molecule has 0 radical (unpaired) electrons. The number of hydrogen-bond acceptors (Lipinski definition) is 4. The third-order valence-electron chi connectivity index (χ3n) is 1.66. The van der Waals surface area contributed by atoms with E-state index in [1.165, 1.54) is 6.33 Å². The van der Waals surface area contributed by atoms with Crippen molar-refractivity contribution in [2.75, 3.05) is 6.26 Å². The van der Waals surface area contributed by atoms with Crippen LogP contribution in [-0.2, 0) is 0 Å². The van der Waals surface area contributed by atoms with E-state index in [0.29, 0.717) is 5.15 Å². The number of halogens is 1. The molecule has 3 nitrogen and oxygen atoms in total. The Kier molecular flexibility index (Phi) is 2.33. The maximum atomic E-state index is 5.90. The SMILES string of the molecule is CSc1nccc2c(Cl)ncnc12. The monoisotopic (exact) mass is 211 g/mol. The highest BCUT2D eigenvalue weighted by Crippen LogP contribution is 2.25. The van der Waals surface area contributed by atoms with Gasteiger partial charge in [-0.2, -0.15) is 0 Å². The van der Waals surface area contributed by atoms with Crippen LogP contribution in [0, 0.1) is 0 Å². The first-order valence-electron chi connectivity index (χ1n) is 3.62. The molecular formula is C8H6ClN3S. The zero-order valence-electron chi connectivity index (χ0n) is 6.86. The lowest BCUT2D eigenvalue weighted by atomic mass is 10.3. The van der Waals surface area contributed by atoms with Crippen molar-refractivity contribution in [1.82, 2.24) is 15.0 Å². The highest BCUT2D eigenvalue weighted by Gasteiger charge is 2.05. The molecule has 2 heterocycles. The number of thioether (sulfide) groups is 1. The van der Waals surface area contributed by atoms with Gasteiger partial charge in [-0.15, -0.1) is 11.8 Å². The maximum Gasteiger partial charge on any atom is 0.140 e. The Labute approximate surface area is 84.6 Å². The van der Waals surface area contributed by atoms with Gasteiger partial charge in [-0.05, 0) is 12.3 Å². The van der Waals surface area contributed by atoms with Crippen molar-refractivity contribution in [3.8, 4) is 0 Å². The molecule has 0 aliphatic heterocycles. The van der Waals surface area contributed by atoms with Crippen LogP contribution in [0.2, 0.25) is 5.15 Å². The number of rotatable bonds is 1. The molecule has 0 spiro atoms. The smallest absolute Gasteiger partial charge is 0.140 e. The fraction of sp³-hybridized carbons (Fsp3) is 0.125. The minimum absolute atomic E-state index is 0.475. The number of nitrogens with zero attached hydrogens (tertiary/aromatic N) is 3. The molecule has 0 unspecified atom stereocenters. The minimum atomic E-state index is 0.475. The Bertz CT molecular complexity index is 446. The van der Waals surface area contributed by atoms with Gasteiger partial charge in [0, 0.05) is 11.6 Å². The highest BCUT2D eigenvalue weighted by molar-refractivity contribution is 7.98. The van der Waals surface area contributed by atoms with E-state index in [-0.39, 0.29) is 0 Å². The van der Waals surface area contributed by atoms with Gasteiger partial charge in [-0.1, -0.05) is 11.6 Å². The summed E-state index contributed by atoms with van der Waals surface area (Å²) in [6.07, 6.45) is 5.12. The van der Waals surface area contributed by atoms with Crippen LogP contribution in [0.15, 0.2) is 23.6 Å². The summed E-state index contributed by atoms with van der Waals surface area (Å²) in [6, 6.07) is 1.82. The third-order valence-corrected chi connectivity index (χ3v) is 2.65. The summed E-state index contributed by atoms with van der Waals surface area (Å²) in [5, 5.41) is 2.20. The molecule has 13 heavy (non-hydrogen) atoms. The fourth-order valence-electron chi connectivity index (χ4n) is 1.08. The van der Waals surface area contributed by atoms with E-state index in [2.05, 4.69) is 15.0 Å². The molecule has 0 aliphatic rings. The van der Waals surface area contributed by atoms with Crippen molar-refractivity contribution in [2.45, 2.75) is 5.03 Å². The summed E-state index contributed by atoms with van der Waals surface area (Å²) in [5.74, 6) is 0. The molecule has 0 N–H and O–H groups in total. The van der Waals surface area contributed by atoms with E-state index < -0.39 is 0 Å². The first-order valence-corrected chi connectivity index (χ1v) is 5.22. The average Bonchev–Trinajstić information content (AvgIpc) is 2.18. The van der Waals surface area contributed by atoms with Crippen molar-refractivity contribution in [1.29, 1.82) is 0 Å². The summed E-state index contributed by atoms with van der Waals surface area (Å²) in [7, 11) is 0. The maximum absolute atomic E-state index is 5.90. The van der Waals surface area contributed by atoms with Gasteiger partial charge in [-0.3, -0.25) is 0 Å². The van der Waals surface area contributed by atoms with Crippen LogP contribution in [0.1, 0.15) is 0 Å². The lowest BCUT2D eigenvalue weighted by molar-refractivity contribution is 1.12. The summed E-state index contributed by atoms with van der Waals surface area (Å²) in [4.78, 5) is 12.2. The Morgan fingerprint density at radius 2 is 2.15 bits per heavy atom. The highest BCUT2D eigenvalue weighted by atomic mass is 35.5. The van der Waals surface area contributed by atoms with Crippen molar-refractivity contribution >= 4 is 34.3 Å². The van der Waals surface area contributed by atoms with Crippen LogP contribution in [-0.4, -0.2) is 21.2 Å². The van der Waals surface area contributed by atoms with Crippen LogP contribution in [0.5, 0.6) is 0 Å². The zero-order valence-corrected chi connectivity index (χ0v) is 8.43. The number of aromatic nitrogens is 3. The molecule has 2 aromatic heterocycles. The normalized spacial score (nSPS) is 10.6. The van der Waals surface area contributed by atoms with Gasteiger partial charge in [0.25, 0.3) is 0 Å². The van der Waals surface area contributed by atoms with Gasteiger partial charge < -0.3 is 0 Å². The van der Waals surface area contributed by atoms with Crippen LogP contribution < -0.4 is 0 Å². The second kappa shape index (κ2) is 3.47. The molecule has 0 aromatic carbocycles. The predicted molar refractivity (Wildman–Crippen MR) is 54.1 cm³/mol. The van der Waals surface area contributed by atoms with Gasteiger partial charge in [-0.25, -0.2) is 15.0 Å². The quantitative estimate of drug-likeness (QED) is 0.536. The van der Waals surface area contributed by atoms with Gasteiger partial charge in [0.05, 0.1) is 0 Å². The number of fused-ring (bicyclic) bond motifs is 1. The van der Waals surface area contributed by atoms with Crippen LogP contribution in [0.4, 0.5) is 0 Å². The fourth-order valence-corrected chi connectivity index (χ4v) is 1.80. The van der Waals surface area contributed by atoms with E-state index in [1.807, 2.05) is 12.3 Å². The molecule has 2 aromatic rings. The van der Waals surface area contributed by atoms with Crippen LogP contribution >= 0.6 is 23.4 Å². The van der Waals surface area contributed by atoms with Crippen molar-refractivity contribution < 1.29 is 0 Å². The Morgan fingerprint density at radius 1 is 1.31 bits per heavy atom. The molecule has 0 bridgehead atoms. The molecule has 2 rings (SSSR count). The molecule has 0 amide bonds. The van der Waals surface area contributed by atoms with E-state index >= 15 is 0 Å². The minimum Gasteiger partial charge on any atom is -0.248 e. The Morgan fingerprint density at radius 3 is 2.92 bits per heavy atom. The van der Waals surface area contributed by atoms with Crippen molar-refractivity contribution in [3.63, 3.8) is 0 Å². The number of pyridine rings is 1. The second-order valence-corrected chi connectivity index (χ2v) is 3.53. The summed E-state index contributed by atoms with van der Waals surface area (Å²) in [6.45, 7) is 0. The average molecular weight is 212 g/mol. The van der Waals surface area contributed by atoms with Crippen molar-refractivity contribution in [2.24, 2.45) is 0 Å². The molecule has 5 heteroatoms. The van der Waals surface area contributed by atoms with Gasteiger partial charge in [0.15, 0.2) is 0 Å². The first-order chi connectivity index (χ1) is 6.33. The standard InChI is InChI=1S/C8H6ClN3S/c1-13-8-6-5(2-3-10-8)7(9)12-4-11-6/h2-4H,1H3. The zero-order chi connectivity index (χ0) is 9.26. The molecule has 0 saturated carbocycles. The van der Waals surface area contributed by atoms with Crippen molar-refractivity contribution in [3.05, 3.63) is 23.7 Å². The predicted octanol–water partition coefficient (Wildman–Crippen LogP) is 2.40. The number of hydrogen-bond donors (Lipinski definition) is 0. The van der Waals surface area contributed by atoms with E-state index in [0.717, 1.165) is 15.9 Å².